The monoisotopic (exact) mass is 234 g/mol. The average Bonchev–Trinajstić information content (AvgIpc) is 2.27. The van der Waals surface area contributed by atoms with Gasteiger partial charge in [0.1, 0.15) is 0 Å². The summed E-state index contributed by atoms with van der Waals surface area (Å²) in [6.45, 7) is 0. The number of thiocarbonyl (C=S) groups is 1. The van der Waals surface area contributed by atoms with Gasteiger partial charge in [-0.25, -0.2) is 4.79 Å². The first kappa shape index (κ1) is 12.0. The predicted octanol–water partition coefficient (Wildman–Crippen LogP) is 0.867. The van der Waals surface area contributed by atoms with E-state index in [9.17, 15) is 4.79 Å². The molecule has 1 rings (SSSR count). The van der Waals surface area contributed by atoms with Crippen molar-refractivity contribution in [2.24, 2.45) is 5.73 Å². The number of carbonyl (C=O) groups is 1. The molecule has 0 spiro atoms. The molecule has 0 aliphatic carbocycles. The number of hydrogen-bond acceptors (Lipinski definition) is 3. The number of nitrogens with one attached hydrogen (secondary N) is 1. The van der Waals surface area contributed by atoms with Gasteiger partial charge in [0.15, 0.2) is 5.11 Å². The quantitative estimate of drug-likeness (QED) is 0.429. The van der Waals surface area contributed by atoms with Crippen molar-refractivity contribution in [1.82, 2.24) is 0 Å². The Morgan fingerprint density at radius 1 is 1.44 bits per heavy atom. The summed E-state index contributed by atoms with van der Waals surface area (Å²) < 4.78 is 4.39. The number of rotatable bonds is 1. The molecule has 16 heavy (non-hydrogen) atoms. The highest BCUT2D eigenvalue weighted by atomic mass is 32.1. The Hall–Kier alpha value is -2.06. The Morgan fingerprint density at radius 2 is 2.06 bits per heavy atom. The molecule has 0 saturated heterocycles. The molecule has 0 unspecified atom stereocenters. The second-order valence-electron chi connectivity index (χ2n) is 2.81. The van der Waals surface area contributed by atoms with E-state index in [0.717, 1.165) is 5.69 Å². The third-order valence-electron chi connectivity index (χ3n) is 1.65. The Balaban J connectivity index is 2.74. The first-order valence-corrected chi connectivity index (χ1v) is 4.79. The standard InChI is InChI=1S/C11H10N2O2S/c1-15-10(14)7-4-8-2-5-9(6-3-8)13-11(12)16/h2-3,5-6H,1H3,(H3,12,13,16). The number of esters is 1. The van der Waals surface area contributed by atoms with Crippen LogP contribution in [0.3, 0.4) is 0 Å². The molecule has 0 heterocycles. The van der Waals surface area contributed by atoms with E-state index in [0.29, 0.717) is 5.56 Å². The number of carbonyl (C=O) groups excluding carboxylic acids is 1. The van der Waals surface area contributed by atoms with Gasteiger partial charge in [-0.05, 0) is 36.5 Å². The van der Waals surface area contributed by atoms with Gasteiger partial charge >= 0.3 is 5.97 Å². The van der Waals surface area contributed by atoms with Gasteiger partial charge in [-0.3, -0.25) is 0 Å². The molecule has 0 aliphatic rings. The summed E-state index contributed by atoms with van der Waals surface area (Å²) in [7, 11) is 1.28. The third kappa shape index (κ3) is 3.98. The minimum absolute atomic E-state index is 0.202. The summed E-state index contributed by atoms with van der Waals surface area (Å²) in [5.41, 5.74) is 6.79. The van der Waals surface area contributed by atoms with Crippen molar-refractivity contribution in [3.05, 3.63) is 29.8 Å². The van der Waals surface area contributed by atoms with E-state index >= 15 is 0 Å². The van der Waals surface area contributed by atoms with Gasteiger partial charge in [0.25, 0.3) is 0 Å². The molecule has 0 saturated carbocycles. The number of ether oxygens (including phenoxy) is 1. The molecule has 0 aromatic heterocycles. The third-order valence-corrected chi connectivity index (χ3v) is 1.75. The summed E-state index contributed by atoms with van der Waals surface area (Å²) in [6, 6.07) is 7.02. The fraction of sp³-hybridized carbons (Fsp3) is 0.0909. The number of methoxy groups -OCH3 is 1. The lowest BCUT2D eigenvalue weighted by atomic mass is 10.2. The van der Waals surface area contributed by atoms with Crippen molar-refractivity contribution < 1.29 is 9.53 Å². The smallest absolute Gasteiger partial charge is 0.384 e. The lowest BCUT2D eigenvalue weighted by Gasteiger charge is -2.02. The van der Waals surface area contributed by atoms with E-state index in [-0.39, 0.29) is 5.11 Å². The highest BCUT2D eigenvalue weighted by molar-refractivity contribution is 7.80. The van der Waals surface area contributed by atoms with Crippen molar-refractivity contribution in [3.63, 3.8) is 0 Å². The number of hydrogen-bond donors (Lipinski definition) is 2. The largest absolute Gasteiger partial charge is 0.459 e. The van der Waals surface area contributed by atoms with Crippen LogP contribution in [0.1, 0.15) is 5.56 Å². The van der Waals surface area contributed by atoms with Crippen LogP contribution in [0.5, 0.6) is 0 Å². The van der Waals surface area contributed by atoms with Crippen molar-refractivity contribution in [2.45, 2.75) is 0 Å². The van der Waals surface area contributed by atoms with Crippen LogP contribution in [0.15, 0.2) is 24.3 Å². The summed E-state index contributed by atoms with van der Waals surface area (Å²) in [5.74, 6) is 4.42. The molecule has 1 aromatic rings. The van der Waals surface area contributed by atoms with E-state index < -0.39 is 5.97 Å². The zero-order valence-corrected chi connectivity index (χ0v) is 9.43. The van der Waals surface area contributed by atoms with Crippen molar-refractivity contribution in [1.29, 1.82) is 0 Å². The van der Waals surface area contributed by atoms with Gasteiger partial charge in [0, 0.05) is 17.2 Å². The molecule has 4 nitrogen and oxygen atoms in total. The molecular formula is C11H10N2O2S. The lowest BCUT2D eigenvalue weighted by Crippen LogP contribution is -2.18. The molecule has 82 valence electrons. The number of anilines is 1. The fourth-order valence-corrected chi connectivity index (χ4v) is 1.07. The first-order valence-electron chi connectivity index (χ1n) is 4.38. The van der Waals surface area contributed by atoms with E-state index in [4.69, 9.17) is 5.73 Å². The Bertz CT molecular complexity index is 457. The van der Waals surface area contributed by atoms with E-state index in [1.165, 1.54) is 7.11 Å². The van der Waals surface area contributed by atoms with Crippen LogP contribution < -0.4 is 11.1 Å². The van der Waals surface area contributed by atoms with Gasteiger partial charge < -0.3 is 15.8 Å². The number of nitrogens with two attached hydrogens (primary N) is 1. The van der Waals surface area contributed by atoms with Crippen molar-refractivity contribution >= 4 is 29.0 Å². The molecule has 0 fully saturated rings. The van der Waals surface area contributed by atoms with Crippen molar-refractivity contribution in [2.75, 3.05) is 12.4 Å². The topological polar surface area (TPSA) is 64.3 Å². The highest BCUT2D eigenvalue weighted by Gasteiger charge is 1.94. The number of benzene rings is 1. The summed E-state index contributed by atoms with van der Waals surface area (Å²) in [4.78, 5) is 10.8. The Morgan fingerprint density at radius 3 is 2.56 bits per heavy atom. The minimum Gasteiger partial charge on any atom is -0.459 e. The molecule has 5 heteroatoms. The maximum atomic E-state index is 10.8. The molecule has 0 amide bonds. The van der Waals surface area contributed by atoms with Crippen LogP contribution in [0.4, 0.5) is 5.69 Å². The van der Waals surface area contributed by atoms with E-state index in [2.05, 4.69) is 34.1 Å². The normalized spacial score (nSPS) is 8.56. The van der Waals surface area contributed by atoms with E-state index in [1.807, 2.05) is 0 Å². The Kier molecular flexibility index (Phi) is 4.30. The highest BCUT2D eigenvalue weighted by Crippen LogP contribution is 2.08. The van der Waals surface area contributed by atoms with Crippen LogP contribution in [-0.2, 0) is 9.53 Å². The van der Waals surface area contributed by atoms with Gasteiger partial charge in [-0.15, -0.1) is 0 Å². The minimum atomic E-state index is -0.565. The van der Waals surface area contributed by atoms with Crippen LogP contribution in [-0.4, -0.2) is 18.2 Å². The van der Waals surface area contributed by atoms with Crippen LogP contribution in [0.2, 0.25) is 0 Å². The van der Waals surface area contributed by atoms with Crippen LogP contribution in [0.25, 0.3) is 0 Å². The van der Waals surface area contributed by atoms with Gasteiger partial charge in [0.05, 0.1) is 7.11 Å². The van der Waals surface area contributed by atoms with Gasteiger partial charge in [-0.1, -0.05) is 5.92 Å². The van der Waals surface area contributed by atoms with Crippen LogP contribution >= 0.6 is 12.2 Å². The molecule has 0 radical (unpaired) electrons. The Labute approximate surface area is 98.8 Å². The SMILES string of the molecule is COC(=O)C#Cc1ccc(NC(N)=S)cc1. The summed E-state index contributed by atoms with van der Waals surface area (Å²) >= 11 is 4.69. The molecular weight excluding hydrogens is 224 g/mol. The van der Waals surface area contributed by atoms with Crippen molar-refractivity contribution in [3.8, 4) is 11.8 Å². The molecule has 1 aromatic carbocycles. The summed E-state index contributed by atoms with van der Waals surface area (Å²) in [6.07, 6.45) is 0. The van der Waals surface area contributed by atoms with Gasteiger partial charge in [-0.2, -0.15) is 0 Å². The fourth-order valence-electron chi connectivity index (χ4n) is 0.953. The second-order valence-corrected chi connectivity index (χ2v) is 3.25. The maximum Gasteiger partial charge on any atom is 0.384 e. The maximum absolute atomic E-state index is 10.8. The molecule has 0 atom stereocenters. The average molecular weight is 234 g/mol. The molecule has 3 N–H and O–H groups in total. The zero-order valence-electron chi connectivity index (χ0n) is 8.61. The van der Waals surface area contributed by atoms with Crippen LogP contribution in [0, 0.1) is 11.8 Å². The molecule has 0 bridgehead atoms. The van der Waals surface area contributed by atoms with E-state index in [1.54, 1.807) is 24.3 Å². The van der Waals surface area contributed by atoms with Gasteiger partial charge in [0.2, 0.25) is 0 Å². The lowest BCUT2D eigenvalue weighted by molar-refractivity contribution is -0.133. The zero-order chi connectivity index (χ0) is 12.0. The summed E-state index contributed by atoms with van der Waals surface area (Å²) in [5, 5.41) is 2.98. The predicted molar refractivity (Wildman–Crippen MR) is 65.7 cm³/mol. The second kappa shape index (κ2) is 5.73. The molecule has 0 aliphatic heterocycles. The first-order chi connectivity index (χ1) is 7.61.